The smallest absolute Gasteiger partial charge is 0.344 e. The topological polar surface area (TPSA) is 63.7 Å². The molecule has 1 heterocycles. The van der Waals surface area contributed by atoms with Crippen molar-refractivity contribution >= 4 is 72.4 Å². The number of amides is 2. The number of imide groups is 1. The van der Waals surface area contributed by atoms with Crippen LogP contribution in [-0.2, 0) is 11.3 Å². The fourth-order valence-corrected chi connectivity index (χ4v) is 5.87. The van der Waals surface area contributed by atoms with Gasteiger partial charge in [0.25, 0.3) is 11.1 Å². The summed E-state index contributed by atoms with van der Waals surface area (Å²) in [5.74, 6) is -0.440. The number of esters is 1. The van der Waals surface area contributed by atoms with Crippen molar-refractivity contribution in [1.82, 2.24) is 4.90 Å². The summed E-state index contributed by atoms with van der Waals surface area (Å²) in [5.41, 5.74) is 2.06. The third-order valence-corrected chi connectivity index (χ3v) is 8.02. The van der Waals surface area contributed by atoms with E-state index in [4.69, 9.17) is 4.74 Å². The minimum atomic E-state index is -0.463. The molecule has 0 bridgehead atoms. The van der Waals surface area contributed by atoms with Crippen LogP contribution in [0.3, 0.4) is 0 Å². The normalized spacial score (nSPS) is 14.5. The largest absolute Gasteiger partial charge is 0.422 e. The average Bonchev–Trinajstić information content (AvgIpc) is 3.21. The van der Waals surface area contributed by atoms with Crippen LogP contribution in [0.5, 0.6) is 5.75 Å². The first-order valence-corrected chi connectivity index (χ1v) is 13.8. The molecule has 5 aromatic carbocycles. The maximum absolute atomic E-state index is 13.1. The maximum Gasteiger partial charge on any atom is 0.344 e. The Morgan fingerprint density at radius 3 is 2.38 bits per heavy atom. The number of thioether (sulfide) groups is 1. The molecule has 6 rings (SSSR count). The van der Waals surface area contributed by atoms with Crippen molar-refractivity contribution in [2.45, 2.75) is 6.54 Å². The lowest BCUT2D eigenvalue weighted by Gasteiger charge is -2.13. The zero-order valence-corrected chi connectivity index (χ0v) is 22.9. The van der Waals surface area contributed by atoms with Crippen molar-refractivity contribution in [3.63, 3.8) is 0 Å². The Hall–Kier alpha value is -4.20. The first-order valence-electron chi connectivity index (χ1n) is 12.2. The number of nitrogens with zero attached hydrogens (tertiary/aromatic N) is 1. The summed E-state index contributed by atoms with van der Waals surface area (Å²) in [6, 6.07) is 32.2. The number of halogens is 1. The second kappa shape index (κ2) is 10.5. The summed E-state index contributed by atoms with van der Waals surface area (Å²) >= 11 is 4.39. The molecule has 0 saturated carbocycles. The van der Waals surface area contributed by atoms with E-state index in [1.165, 1.54) is 4.90 Å². The highest BCUT2D eigenvalue weighted by atomic mass is 79.9. The van der Waals surface area contributed by atoms with Gasteiger partial charge in [-0.3, -0.25) is 14.5 Å². The van der Waals surface area contributed by atoms with Crippen molar-refractivity contribution in [3.8, 4) is 5.75 Å². The van der Waals surface area contributed by atoms with Crippen LogP contribution in [0.1, 0.15) is 21.5 Å². The standard InChI is InChI=1S/C32H20BrNO4S/c33-27-17-20(13-15-28(27)38-31(36)26-11-5-9-23-7-3-4-10-25(23)26)18-29-30(35)34(32(37)39-29)19-21-12-14-22-6-1-2-8-24(22)16-21/h1-18H,19H2/b29-18-. The van der Waals surface area contributed by atoms with Gasteiger partial charge < -0.3 is 4.74 Å². The third-order valence-electron chi connectivity index (χ3n) is 6.49. The number of hydrogen-bond donors (Lipinski definition) is 0. The van der Waals surface area contributed by atoms with E-state index < -0.39 is 5.97 Å². The Labute approximate surface area is 237 Å². The molecule has 1 aliphatic rings. The maximum atomic E-state index is 13.1. The van der Waals surface area contributed by atoms with Crippen LogP contribution in [0.25, 0.3) is 27.6 Å². The monoisotopic (exact) mass is 593 g/mol. The lowest BCUT2D eigenvalue weighted by Crippen LogP contribution is -2.27. The molecule has 0 unspecified atom stereocenters. The summed E-state index contributed by atoms with van der Waals surface area (Å²) in [6.07, 6.45) is 1.67. The summed E-state index contributed by atoms with van der Waals surface area (Å²) in [4.78, 5) is 40.3. The number of fused-ring (bicyclic) bond motifs is 2. The molecule has 0 radical (unpaired) electrons. The molecule has 39 heavy (non-hydrogen) atoms. The van der Waals surface area contributed by atoms with E-state index >= 15 is 0 Å². The summed E-state index contributed by atoms with van der Waals surface area (Å²) < 4.78 is 6.23. The molecule has 2 amide bonds. The predicted octanol–water partition coefficient (Wildman–Crippen LogP) is 8.21. The van der Waals surface area contributed by atoms with Crippen molar-refractivity contribution in [2.24, 2.45) is 0 Å². The number of rotatable bonds is 5. The van der Waals surface area contributed by atoms with Crippen LogP contribution in [0, 0.1) is 0 Å². The van der Waals surface area contributed by atoms with Crippen LogP contribution < -0.4 is 4.74 Å². The summed E-state index contributed by atoms with van der Waals surface area (Å²) in [6.45, 7) is 0.208. The van der Waals surface area contributed by atoms with Gasteiger partial charge in [0.1, 0.15) is 5.75 Å². The van der Waals surface area contributed by atoms with Crippen molar-refractivity contribution in [3.05, 3.63) is 129 Å². The van der Waals surface area contributed by atoms with Crippen molar-refractivity contribution < 1.29 is 19.1 Å². The number of ether oxygens (including phenoxy) is 1. The lowest BCUT2D eigenvalue weighted by molar-refractivity contribution is -0.123. The molecule has 1 aliphatic heterocycles. The first-order chi connectivity index (χ1) is 19.0. The zero-order chi connectivity index (χ0) is 26.9. The second-order valence-electron chi connectivity index (χ2n) is 9.06. The van der Waals surface area contributed by atoms with E-state index in [1.54, 1.807) is 30.3 Å². The fourth-order valence-electron chi connectivity index (χ4n) is 4.56. The SMILES string of the molecule is O=C(Oc1ccc(/C=C2\SC(=O)N(Cc3ccc4ccccc4c3)C2=O)cc1Br)c1cccc2ccccc12. The Bertz CT molecular complexity index is 1830. The van der Waals surface area contributed by atoms with E-state index in [2.05, 4.69) is 15.9 Å². The highest BCUT2D eigenvalue weighted by Crippen LogP contribution is 2.35. The molecule has 0 N–H and O–H groups in total. The van der Waals surface area contributed by atoms with Gasteiger partial charge in [0.15, 0.2) is 0 Å². The highest BCUT2D eigenvalue weighted by Gasteiger charge is 2.35. The molecule has 0 spiro atoms. The molecule has 190 valence electrons. The average molecular weight is 594 g/mol. The molecule has 1 fully saturated rings. The number of carbonyl (C=O) groups excluding carboxylic acids is 3. The van der Waals surface area contributed by atoms with Gasteiger partial charge in [-0.1, -0.05) is 78.9 Å². The molecule has 0 atom stereocenters. The van der Waals surface area contributed by atoms with E-state index in [1.807, 2.05) is 78.9 Å². The van der Waals surface area contributed by atoms with Crippen molar-refractivity contribution in [2.75, 3.05) is 0 Å². The van der Waals surface area contributed by atoms with Crippen LogP contribution in [0.15, 0.2) is 113 Å². The molecular weight excluding hydrogens is 574 g/mol. The zero-order valence-electron chi connectivity index (χ0n) is 20.5. The predicted molar refractivity (Wildman–Crippen MR) is 159 cm³/mol. The molecule has 5 nitrogen and oxygen atoms in total. The van der Waals surface area contributed by atoms with Crippen LogP contribution >= 0.6 is 27.7 Å². The van der Waals surface area contributed by atoms with E-state index in [-0.39, 0.29) is 17.7 Å². The van der Waals surface area contributed by atoms with E-state index in [0.717, 1.165) is 38.9 Å². The Balaban J connectivity index is 1.18. The van der Waals surface area contributed by atoms with Gasteiger partial charge in [0.05, 0.1) is 21.5 Å². The molecule has 7 heteroatoms. The molecule has 0 aliphatic carbocycles. The Morgan fingerprint density at radius 1 is 0.821 bits per heavy atom. The summed E-state index contributed by atoms with van der Waals surface area (Å²) in [5, 5.41) is 3.63. The Kier molecular flexibility index (Phi) is 6.77. The quantitative estimate of drug-likeness (QED) is 0.117. The van der Waals surface area contributed by atoms with Crippen molar-refractivity contribution in [1.29, 1.82) is 0 Å². The third kappa shape index (κ3) is 5.11. The van der Waals surface area contributed by atoms with Gasteiger partial charge in [0.2, 0.25) is 0 Å². The molecule has 1 saturated heterocycles. The van der Waals surface area contributed by atoms with Crippen LogP contribution in [0.4, 0.5) is 4.79 Å². The van der Waals surface area contributed by atoms with Gasteiger partial charge in [-0.25, -0.2) is 4.79 Å². The second-order valence-corrected chi connectivity index (χ2v) is 10.9. The fraction of sp³-hybridized carbons (Fsp3) is 0.0312. The van der Waals surface area contributed by atoms with Gasteiger partial charge in [-0.2, -0.15) is 0 Å². The minimum absolute atomic E-state index is 0.208. The van der Waals surface area contributed by atoms with Crippen LogP contribution in [0.2, 0.25) is 0 Å². The van der Waals surface area contributed by atoms with Crippen LogP contribution in [-0.4, -0.2) is 22.0 Å². The van der Waals surface area contributed by atoms with Gasteiger partial charge in [-0.05, 0) is 90.7 Å². The minimum Gasteiger partial charge on any atom is -0.422 e. The lowest BCUT2D eigenvalue weighted by atomic mass is 10.0. The number of carbonyl (C=O) groups is 3. The van der Waals surface area contributed by atoms with E-state index in [9.17, 15) is 14.4 Å². The number of hydrogen-bond acceptors (Lipinski definition) is 5. The summed E-state index contributed by atoms with van der Waals surface area (Å²) in [7, 11) is 0. The Morgan fingerprint density at radius 2 is 1.56 bits per heavy atom. The van der Waals surface area contributed by atoms with Gasteiger partial charge >= 0.3 is 5.97 Å². The molecule has 0 aromatic heterocycles. The first kappa shape index (κ1) is 25.1. The van der Waals surface area contributed by atoms with Gasteiger partial charge in [0, 0.05) is 0 Å². The van der Waals surface area contributed by atoms with Gasteiger partial charge in [-0.15, -0.1) is 0 Å². The number of benzene rings is 5. The van der Waals surface area contributed by atoms with E-state index in [0.29, 0.717) is 26.3 Å². The highest BCUT2D eigenvalue weighted by molar-refractivity contribution is 9.10. The molecule has 5 aromatic rings. The molecular formula is C32H20BrNO4S.